The van der Waals surface area contributed by atoms with Crippen LogP contribution in [0, 0.1) is 0 Å². The number of aromatic nitrogens is 1. The Kier molecular flexibility index (Phi) is 5.71. The fraction of sp³-hybridized carbons (Fsp3) is 0.304. The average molecular weight is 413 g/mol. The van der Waals surface area contributed by atoms with Crippen molar-refractivity contribution in [1.29, 1.82) is 0 Å². The first-order valence-electron chi connectivity index (χ1n) is 9.53. The zero-order valence-corrected chi connectivity index (χ0v) is 17.8. The Morgan fingerprint density at radius 1 is 1.14 bits per heavy atom. The number of halogens is 1. The fourth-order valence-electron chi connectivity index (χ4n) is 3.48. The molecule has 1 aromatic heterocycles. The van der Waals surface area contributed by atoms with Crippen molar-refractivity contribution in [2.75, 3.05) is 4.90 Å². The molecule has 1 N–H and O–H groups in total. The molecule has 5 nitrogen and oxygen atoms in total. The molecule has 1 amide bonds. The zero-order chi connectivity index (χ0) is 21.2. The maximum Gasteiger partial charge on any atom is 0.415 e. The number of hydrogen-bond acceptors (Lipinski definition) is 3. The maximum absolute atomic E-state index is 13.4. The van der Waals surface area contributed by atoms with E-state index in [1.54, 1.807) is 51.2 Å². The number of rotatable bonds is 5. The van der Waals surface area contributed by atoms with Gasteiger partial charge >= 0.3 is 6.09 Å². The van der Waals surface area contributed by atoms with Crippen LogP contribution in [-0.4, -0.2) is 23.0 Å². The first kappa shape index (κ1) is 20.9. The number of aromatic amines is 1. The van der Waals surface area contributed by atoms with Crippen molar-refractivity contribution in [1.82, 2.24) is 4.98 Å². The molecule has 0 aliphatic heterocycles. The summed E-state index contributed by atoms with van der Waals surface area (Å²) in [7, 11) is 0. The highest BCUT2D eigenvalue weighted by atomic mass is 35.5. The van der Waals surface area contributed by atoms with Crippen LogP contribution in [0.5, 0.6) is 0 Å². The molecule has 0 fully saturated rings. The molecule has 0 bridgehead atoms. The van der Waals surface area contributed by atoms with Gasteiger partial charge in [-0.05, 0) is 63.1 Å². The lowest BCUT2D eigenvalue weighted by atomic mass is 9.86. The third-order valence-electron chi connectivity index (χ3n) is 4.87. The van der Waals surface area contributed by atoms with E-state index in [1.807, 2.05) is 31.2 Å². The van der Waals surface area contributed by atoms with Crippen molar-refractivity contribution in [2.24, 2.45) is 0 Å². The quantitative estimate of drug-likeness (QED) is 0.517. The first-order chi connectivity index (χ1) is 13.7. The minimum Gasteiger partial charge on any atom is -0.443 e. The molecule has 2 aromatic carbocycles. The number of fused-ring (bicyclic) bond motifs is 1. The number of ether oxygens (including phenoxy) is 1. The van der Waals surface area contributed by atoms with Crippen LogP contribution in [0.1, 0.15) is 39.7 Å². The minimum absolute atomic E-state index is 0.359. The van der Waals surface area contributed by atoms with Gasteiger partial charge in [-0.2, -0.15) is 0 Å². The van der Waals surface area contributed by atoms with Gasteiger partial charge in [0.05, 0.1) is 5.69 Å². The van der Waals surface area contributed by atoms with E-state index in [-0.39, 0.29) is 0 Å². The van der Waals surface area contributed by atoms with E-state index in [0.29, 0.717) is 22.7 Å². The van der Waals surface area contributed by atoms with Crippen molar-refractivity contribution in [2.45, 2.75) is 45.3 Å². The molecule has 0 spiro atoms. The normalized spacial score (nSPS) is 13.7. The van der Waals surface area contributed by atoms with Crippen LogP contribution in [0.15, 0.2) is 54.7 Å². The Labute approximate surface area is 175 Å². The predicted molar refractivity (Wildman–Crippen MR) is 116 cm³/mol. The molecule has 0 aliphatic carbocycles. The highest BCUT2D eigenvalue weighted by Gasteiger charge is 2.43. The SMILES string of the molecule is CCC(C=O)(c1ccc(Cl)cc1)N(C(=O)OC(C)(C)C)c1cccc2[nH]ccc12. The van der Waals surface area contributed by atoms with Crippen LogP contribution < -0.4 is 4.90 Å². The average Bonchev–Trinajstić information content (AvgIpc) is 3.15. The number of anilines is 1. The van der Waals surface area contributed by atoms with E-state index in [9.17, 15) is 9.59 Å². The van der Waals surface area contributed by atoms with Gasteiger partial charge in [0.15, 0.2) is 6.29 Å². The van der Waals surface area contributed by atoms with E-state index in [4.69, 9.17) is 16.3 Å². The lowest BCUT2D eigenvalue weighted by Gasteiger charge is -2.40. The summed E-state index contributed by atoms with van der Waals surface area (Å²) in [6, 6.07) is 14.5. The van der Waals surface area contributed by atoms with E-state index >= 15 is 0 Å². The molecule has 3 rings (SSSR count). The monoisotopic (exact) mass is 412 g/mol. The molecule has 0 radical (unpaired) electrons. The Morgan fingerprint density at radius 3 is 2.41 bits per heavy atom. The van der Waals surface area contributed by atoms with E-state index in [2.05, 4.69) is 4.98 Å². The summed E-state index contributed by atoms with van der Waals surface area (Å²) in [6.07, 6.45) is 2.39. The summed E-state index contributed by atoms with van der Waals surface area (Å²) in [4.78, 5) is 30.7. The van der Waals surface area contributed by atoms with Gasteiger partial charge in [-0.3, -0.25) is 4.90 Å². The highest BCUT2D eigenvalue weighted by Crippen LogP contribution is 2.39. The number of aldehydes is 1. The summed E-state index contributed by atoms with van der Waals surface area (Å²) in [5.41, 5.74) is 0.158. The summed E-state index contributed by atoms with van der Waals surface area (Å²) in [5.74, 6) is 0. The van der Waals surface area contributed by atoms with Crippen LogP contribution in [0.4, 0.5) is 10.5 Å². The third kappa shape index (κ3) is 4.01. The largest absolute Gasteiger partial charge is 0.443 e. The Morgan fingerprint density at radius 2 is 1.83 bits per heavy atom. The number of nitrogens with one attached hydrogen (secondary N) is 1. The summed E-state index contributed by atoms with van der Waals surface area (Å²) >= 11 is 6.06. The van der Waals surface area contributed by atoms with Gasteiger partial charge in [0.2, 0.25) is 0 Å². The molecule has 1 heterocycles. The van der Waals surface area contributed by atoms with Gasteiger partial charge in [0.1, 0.15) is 11.1 Å². The minimum atomic E-state index is -1.25. The van der Waals surface area contributed by atoms with Gasteiger partial charge in [-0.25, -0.2) is 4.79 Å². The fourth-order valence-corrected chi connectivity index (χ4v) is 3.61. The lowest BCUT2D eigenvalue weighted by Crippen LogP contribution is -2.52. The van der Waals surface area contributed by atoms with Crippen LogP contribution in [0.25, 0.3) is 10.9 Å². The van der Waals surface area contributed by atoms with Gasteiger partial charge in [-0.1, -0.05) is 36.7 Å². The smallest absolute Gasteiger partial charge is 0.415 e. The van der Waals surface area contributed by atoms with Crippen LogP contribution in [-0.2, 0) is 15.1 Å². The number of carbonyl (C=O) groups excluding carboxylic acids is 2. The second kappa shape index (κ2) is 7.91. The third-order valence-corrected chi connectivity index (χ3v) is 5.12. The first-order valence-corrected chi connectivity index (χ1v) is 9.91. The van der Waals surface area contributed by atoms with Crippen LogP contribution >= 0.6 is 11.6 Å². The van der Waals surface area contributed by atoms with Crippen molar-refractivity contribution < 1.29 is 14.3 Å². The number of hydrogen-bond donors (Lipinski definition) is 1. The lowest BCUT2D eigenvalue weighted by molar-refractivity contribution is -0.112. The molecule has 0 aliphatic rings. The second-order valence-corrected chi connectivity index (χ2v) is 8.37. The highest BCUT2D eigenvalue weighted by molar-refractivity contribution is 6.30. The van der Waals surface area contributed by atoms with Crippen molar-refractivity contribution in [3.8, 4) is 0 Å². The standard InChI is InChI=1S/C23H25ClN2O3/c1-5-23(15-27,16-9-11-17(24)12-10-16)26(21(28)29-22(2,3)4)20-8-6-7-19-18(20)13-14-25-19/h6-15,25H,5H2,1-4H3. The number of amides is 1. The van der Waals surface area contributed by atoms with Crippen molar-refractivity contribution in [3.63, 3.8) is 0 Å². The molecule has 1 atom stereocenters. The van der Waals surface area contributed by atoms with Gasteiger partial charge in [0.25, 0.3) is 0 Å². The molecule has 6 heteroatoms. The van der Waals surface area contributed by atoms with Gasteiger partial charge < -0.3 is 14.5 Å². The molecule has 152 valence electrons. The number of carbonyl (C=O) groups is 2. The number of benzene rings is 2. The zero-order valence-electron chi connectivity index (χ0n) is 17.0. The van der Waals surface area contributed by atoms with E-state index in [0.717, 1.165) is 17.2 Å². The Balaban J connectivity index is 2.27. The van der Waals surface area contributed by atoms with Crippen molar-refractivity contribution in [3.05, 3.63) is 65.3 Å². The van der Waals surface area contributed by atoms with Gasteiger partial charge in [-0.15, -0.1) is 0 Å². The van der Waals surface area contributed by atoms with Crippen LogP contribution in [0.2, 0.25) is 5.02 Å². The molecular weight excluding hydrogens is 388 g/mol. The molecule has 0 saturated carbocycles. The topological polar surface area (TPSA) is 62.4 Å². The molecular formula is C23H25ClN2O3. The Bertz CT molecular complexity index is 1020. The summed E-state index contributed by atoms with van der Waals surface area (Å²) in [5, 5.41) is 1.38. The molecule has 1 unspecified atom stereocenters. The second-order valence-electron chi connectivity index (χ2n) is 7.93. The number of nitrogens with zero attached hydrogens (tertiary/aromatic N) is 1. The summed E-state index contributed by atoms with van der Waals surface area (Å²) < 4.78 is 5.73. The predicted octanol–water partition coefficient (Wildman–Crippen LogP) is 6.07. The molecule has 0 saturated heterocycles. The molecule has 29 heavy (non-hydrogen) atoms. The molecule has 3 aromatic rings. The van der Waals surface area contributed by atoms with Gasteiger partial charge in [0, 0.05) is 22.1 Å². The maximum atomic E-state index is 13.4. The van der Waals surface area contributed by atoms with E-state index < -0.39 is 17.2 Å². The van der Waals surface area contributed by atoms with E-state index in [1.165, 1.54) is 4.90 Å². The Hall–Kier alpha value is -2.79. The van der Waals surface area contributed by atoms with Crippen molar-refractivity contribution >= 4 is 40.6 Å². The van der Waals surface area contributed by atoms with Crippen LogP contribution in [0.3, 0.4) is 0 Å². The summed E-state index contributed by atoms with van der Waals surface area (Å²) in [6.45, 7) is 7.28. The number of H-pyrrole nitrogens is 1.